The molecule has 0 unspecified atom stereocenters. The molecule has 1 heteroatoms. The van der Waals surface area contributed by atoms with Crippen LogP contribution in [0, 0.1) is 6.08 Å². The van der Waals surface area contributed by atoms with Crippen molar-refractivity contribution in [2.45, 2.75) is 19.8 Å². The summed E-state index contributed by atoms with van der Waals surface area (Å²) >= 11 is 0. The Bertz CT molecular complexity index is 772. The van der Waals surface area contributed by atoms with Crippen LogP contribution in [0.15, 0.2) is 77.4 Å². The van der Waals surface area contributed by atoms with Gasteiger partial charge < -0.3 is 0 Å². The van der Waals surface area contributed by atoms with Crippen molar-refractivity contribution in [3.63, 3.8) is 0 Å². The fraction of sp³-hybridized carbons (Fsp3) is 0.143. The minimum Gasteiger partial charge on any atom is -0.177 e. The van der Waals surface area contributed by atoms with Gasteiger partial charge in [-0.1, -0.05) is 62.4 Å². The van der Waals surface area contributed by atoms with Crippen LogP contribution in [0.1, 0.15) is 30.9 Å². The van der Waals surface area contributed by atoms with Crippen LogP contribution in [0.25, 0.3) is 11.1 Å². The summed E-state index contributed by atoms with van der Waals surface area (Å²) in [7, 11) is 0. The maximum absolute atomic E-state index is 3.60. The van der Waals surface area contributed by atoms with Crippen molar-refractivity contribution in [2.75, 3.05) is 0 Å². The molecule has 22 heavy (non-hydrogen) atoms. The van der Waals surface area contributed by atoms with Crippen LogP contribution in [0.2, 0.25) is 0 Å². The van der Waals surface area contributed by atoms with Crippen molar-refractivity contribution in [3.05, 3.63) is 94.6 Å². The number of hydrogen-bond acceptors (Lipinski definition) is 0. The van der Waals surface area contributed by atoms with Crippen LogP contribution in [-0.4, -0.2) is 0 Å². The molecule has 0 aromatic heterocycles. The minimum atomic E-state index is 0. The van der Waals surface area contributed by atoms with Gasteiger partial charge in [-0.2, -0.15) is 17.7 Å². The topological polar surface area (TPSA) is 0 Å². The molecule has 4 rings (SSSR count). The van der Waals surface area contributed by atoms with Gasteiger partial charge in [-0.25, -0.2) is 0 Å². The van der Waals surface area contributed by atoms with Crippen LogP contribution in [-0.2, 0) is 25.8 Å². The molecule has 0 aliphatic heterocycles. The van der Waals surface area contributed by atoms with Crippen LogP contribution in [0.3, 0.4) is 0 Å². The summed E-state index contributed by atoms with van der Waals surface area (Å²) in [6, 6.07) is 17.5. The Kier molecular flexibility index (Phi) is 4.18. The second-order valence-corrected chi connectivity index (χ2v) is 5.93. The van der Waals surface area contributed by atoms with Gasteiger partial charge in [0.2, 0.25) is 0 Å². The fourth-order valence-corrected chi connectivity index (χ4v) is 3.36. The molecular formula is C21H17Hf-. The Morgan fingerprint density at radius 1 is 0.818 bits per heavy atom. The van der Waals surface area contributed by atoms with E-state index in [1.807, 2.05) is 0 Å². The van der Waals surface area contributed by atoms with Crippen molar-refractivity contribution in [1.82, 2.24) is 0 Å². The first-order valence-corrected chi connectivity index (χ1v) is 7.43. The molecule has 2 aliphatic rings. The van der Waals surface area contributed by atoms with E-state index in [9.17, 15) is 0 Å². The monoisotopic (exact) mass is 449 g/mol. The van der Waals surface area contributed by atoms with Gasteiger partial charge in [-0.3, -0.25) is 0 Å². The maximum Gasteiger partial charge on any atom is 0.0175 e. The molecule has 0 atom stereocenters. The molecule has 0 saturated heterocycles. The third-order valence-corrected chi connectivity index (χ3v) is 4.39. The third kappa shape index (κ3) is 2.32. The zero-order valence-electron chi connectivity index (χ0n) is 12.9. The van der Waals surface area contributed by atoms with E-state index in [-0.39, 0.29) is 25.8 Å². The molecule has 0 saturated carbocycles. The van der Waals surface area contributed by atoms with Crippen molar-refractivity contribution in [1.29, 1.82) is 0 Å². The van der Waals surface area contributed by atoms with Gasteiger partial charge in [0.1, 0.15) is 0 Å². The van der Waals surface area contributed by atoms with E-state index in [1.165, 1.54) is 39.0 Å². The molecule has 2 aliphatic carbocycles. The van der Waals surface area contributed by atoms with Gasteiger partial charge >= 0.3 is 0 Å². The average molecular weight is 448 g/mol. The molecule has 2 aromatic rings. The molecule has 0 radical (unpaired) electrons. The summed E-state index contributed by atoms with van der Waals surface area (Å²) in [5.41, 5.74) is 9.37. The first-order chi connectivity index (χ1) is 10.3. The normalized spacial score (nSPS) is 15.2. The van der Waals surface area contributed by atoms with E-state index in [2.05, 4.69) is 80.6 Å². The van der Waals surface area contributed by atoms with Crippen molar-refractivity contribution >= 4 is 0 Å². The van der Waals surface area contributed by atoms with Gasteiger partial charge in [-0.05, 0) is 22.3 Å². The summed E-state index contributed by atoms with van der Waals surface area (Å²) in [5, 5.41) is 0. The molecular weight excluding hydrogens is 431 g/mol. The Balaban J connectivity index is 0.00000144. The standard InChI is InChI=1S/C21H17.Hf/c1-14(2)15-11-12-16(13-15)21-19-9-5-3-7-17(19)18-8-4-6-10-20(18)21;/h3-12,21H,1-2H3;/q-1;. The van der Waals surface area contributed by atoms with E-state index in [0.717, 1.165) is 0 Å². The Labute approximate surface area is 151 Å². The first kappa shape index (κ1) is 15.4. The summed E-state index contributed by atoms with van der Waals surface area (Å²) in [5.74, 6) is 0.325. The zero-order valence-corrected chi connectivity index (χ0v) is 16.4. The van der Waals surface area contributed by atoms with Crippen LogP contribution >= 0.6 is 0 Å². The van der Waals surface area contributed by atoms with E-state index in [1.54, 1.807) is 0 Å². The summed E-state index contributed by atoms with van der Waals surface area (Å²) in [4.78, 5) is 0. The molecule has 0 fully saturated rings. The molecule has 0 nitrogen and oxygen atoms in total. The molecule has 2 aromatic carbocycles. The Hall–Kier alpha value is -1.47. The zero-order chi connectivity index (χ0) is 14.4. The Morgan fingerprint density at radius 3 is 1.86 bits per heavy atom. The summed E-state index contributed by atoms with van der Waals surface area (Å²) in [6.07, 6.45) is 8.02. The largest absolute Gasteiger partial charge is 0.177 e. The first-order valence-electron chi connectivity index (χ1n) is 7.43. The average Bonchev–Trinajstić information content (AvgIpc) is 3.09. The molecule has 0 N–H and O–H groups in total. The van der Waals surface area contributed by atoms with Gasteiger partial charge in [0.05, 0.1) is 0 Å². The van der Waals surface area contributed by atoms with E-state index in [4.69, 9.17) is 0 Å². The number of fused-ring (bicyclic) bond motifs is 3. The van der Waals surface area contributed by atoms with Gasteiger partial charge in [0, 0.05) is 31.8 Å². The minimum absolute atomic E-state index is 0. The number of hydrogen-bond donors (Lipinski definition) is 0. The smallest absolute Gasteiger partial charge is 0.0175 e. The molecule has 0 heterocycles. The second kappa shape index (κ2) is 5.96. The van der Waals surface area contributed by atoms with Gasteiger partial charge in [0.25, 0.3) is 0 Å². The maximum atomic E-state index is 3.60. The third-order valence-electron chi connectivity index (χ3n) is 4.39. The van der Waals surface area contributed by atoms with E-state index >= 15 is 0 Å². The van der Waals surface area contributed by atoms with Gasteiger partial charge in [0.15, 0.2) is 0 Å². The van der Waals surface area contributed by atoms with Crippen molar-refractivity contribution in [2.24, 2.45) is 0 Å². The van der Waals surface area contributed by atoms with Crippen molar-refractivity contribution < 1.29 is 25.8 Å². The predicted molar refractivity (Wildman–Crippen MR) is 88.0 cm³/mol. The predicted octanol–water partition coefficient (Wildman–Crippen LogP) is 5.43. The molecule has 0 amide bonds. The summed E-state index contributed by atoms with van der Waals surface area (Å²) in [6.45, 7) is 4.29. The SMILES string of the molecule is CC(C)=C1[C-]=C(C2c3ccccc3-c3ccccc32)C=C1.[Hf]. The number of benzene rings is 2. The molecule has 106 valence electrons. The van der Waals surface area contributed by atoms with Crippen LogP contribution < -0.4 is 0 Å². The molecule has 0 bridgehead atoms. The summed E-state index contributed by atoms with van der Waals surface area (Å²) < 4.78 is 0. The number of allylic oxidation sites excluding steroid dienone is 6. The number of rotatable bonds is 1. The van der Waals surface area contributed by atoms with Crippen LogP contribution in [0.5, 0.6) is 0 Å². The quantitative estimate of drug-likeness (QED) is 0.404. The fourth-order valence-electron chi connectivity index (χ4n) is 3.36. The van der Waals surface area contributed by atoms with Gasteiger partial charge in [-0.15, -0.1) is 17.2 Å². The van der Waals surface area contributed by atoms with Crippen LogP contribution in [0.4, 0.5) is 0 Å². The second-order valence-electron chi connectivity index (χ2n) is 5.93. The molecule has 0 spiro atoms. The van der Waals surface area contributed by atoms with E-state index in [0.29, 0.717) is 5.92 Å². The van der Waals surface area contributed by atoms with E-state index < -0.39 is 0 Å². The Morgan fingerprint density at radius 2 is 1.36 bits per heavy atom. The van der Waals surface area contributed by atoms with Crippen molar-refractivity contribution in [3.8, 4) is 11.1 Å².